The van der Waals surface area contributed by atoms with Crippen LogP contribution in [-0.2, 0) is 15.4 Å². The maximum absolute atomic E-state index is 14.5. The highest BCUT2D eigenvalue weighted by molar-refractivity contribution is 7.88. The molecule has 0 saturated heterocycles. The van der Waals surface area contributed by atoms with Crippen molar-refractivity contribution in [3.63, 3.8) is 0 Å². The molecule has 2 aliphatic rings. The predicted molar refractivity (Wildman–Crippen MR) is 132 cm³/mol. The molecule has 0 N–H and O–H groups in total. The molecule has 1 aromatic carbocycles. The Kier molecular flexibility index (Phi) is 5.27. The average molecular weight is 539 g/mol. The maximum atomic E-state index is 14.5. The van der Waals surface area contributed by atoms with Crippen LogP contribution < -0.4 is 0 Å². The minimum atomic E-state index is -3.83. The van der Waals surface area contributed by atoms with Crippen molar-refractivity contribution >= 4 is 10.0 Å². The van der Waals surface area contributed by atoms with Crippen LogP contribution in [0.5, 0.6) is 0 Å². The lowest BCUT2D eigenvalue weighted by Gasteiger charge is -2.37. The van der Waals surface area contributed by atoms with Gasteiger partial charge in [0.15, 0.2) is 0 Å². The molecule has 196 valence electrons. The van der Waals surface area contributed by atoms with E-state index in [2.05, 4.69) is 39.1 Å². The van der Waals surface area contributed by atoms with Gasteiger partial charge in [0.1, 0.15) is 18.0 Å². The number of aromatic nitrogens is 7. The van der Waals surface area contributed by atoms with Crippen molar-refractivity contribution in [1.29, 1.82) is 0 Å². The molecule has 2 atom stereocenters. The number of benzene rings is 1. The standard InChI is InChI=1S/C25H24F2N8O2S/c1-24(2)15-8-10-25(24,21-14(15)12-18(31-32-21)20-16(26)6-5-7-17(20)27)19-9-11-28-22(30-19)35-13-29-23(33-35)38(36,37)34(3)4/h5-7,9,11-13,15H,8,10H2,1-4H3/t15-,25+/m0/s1. The van der Waals surface area contributed by atoms with E-state index >= 15 is 0 Å². The predicted octanol–water partition coefficient (Wildman–Crippen LogP) is 3.25. The quantitative estimate of drug-likeness (QED) is 0.380. The largest absolute Gasteiger partial charge is 0.282 e. The Morgan fingerprint density at radius 1 is 1.08 bits per heavy atom. The summed E-state index contributed by atoms with van der Waals surface area (Å²) >= 11 is 0. The van der Waals surface area contributed by atoms with Crippen LogP contribution in [0.2, 0.25) is 0 Å². The third-order valence-corrected chi connectivity index (χ3v) is 9.68. The van der Waals surface area contributed by atoms with Gasteiger partial charge in [-0.1, -0.05) is 19.9 Å². The van der Waals surface area contributed by atoms with Crippen LogP contribution in [0.25, 0.3) is 17.2 Å². The van der Waals surface area contributed by atoms with E-state index in [0.717, 1.165) is 28.4 Å². The van der Waals surface area contributed by atoms with Gasteiger partial charge in [0, 0.05) is 20.3 Å². The fourth-order valence-electron chi connectivity index (χ4n) is 6.08. The first-order valence-corrected chi connectivity index (χ1v) is 13.4. The molecule has 4 aromatic rings. The molecule has 10 nitrogen and oxygen atoms in total. The Morgan fingerprint density at radius 3 is 2.53 bits per heavy atom. The van der Waals surface area contributed by atoms with Gasteiger partial charge < -0.3 is 0 Å². The molecule has 1 saturated carbocycles. The van der Waals surface area contributed by atoms with Gasteiger partial charge in [0.2, 0.25) is 0 Å². The number of nitrogens with zero attached hydrogens (tertiary/aromatic N) is 8. The second kappa shape index (κ2) is 8.14. The maximum Gasteiger partial charge on any atom is 0.282 e. The Hall–Kier alpha value is -3.71. The lowest BCUT2D eigenvalue weighted by molar-refractivity contribution is 0.242. The number of hydrogen-bond acceptors (Lipinski definition) is 8. The summed E-state index contributed by atoms with van der Waals surface area (Å²) in [5.74, 6) is -1.15. The van der Waals surface area contributed by atoms with Gasteiger partial charge in [-0.05, 0) is 54.0 Å². The van der Waals surface area contributed by atoms with E-state index < -0.39 is 27.1 Å². The molecule has 0 radical (unpaired) electrons. The zero-order chi connectivity index (χ0) is 27.0. The number of rotatable bonds is 5. The van der Waals surface area contributed by atoms with Crippen molar-refractivity contribution in [3.8, 4) is 17.2 Å². The Labute approximate surface area is 217 Å². The highest BCUT2D eigenvalue weighted by atomic mass is 32.2. The van der Waals surface area contributed by atoms with Gasteiger partial charge in [0.25, 0.3) is 21.1 Å². The molecule has 0 amide bonds. The second-order valence-corrected chi connectivity index (χ2v) is 12.4. The van der Waals surface area contributed by atoms with Crippen molar-refractivity contribution in [1.82, 2.24) is 39.2 Å². The summed E-state index contributed by atoms with van der Waals surface area (Å²) in [6, 6.07) is 7.27. The highest BCUT2D eigenvalue weighted by Gasteiger charge is 2.65. The van der Waals surface area contributed by atoms with Crippen LogP contribution >= 0.6 is 0 Å². The molecular formula is C25H24F2N8O2S. The van der Waals surface area contributed by atoms with Crippen LogP contribution in [-0.4, -0.2) is 61.7 Å². The van der Waals surface area contributed by atoms with Crippen molar-refractivity contribution in [3.05, 3.63) is 71.4 Å². The van der Waals surface area contributed by atoms with E-state index in [1.54, 1.807) is 12.3 Å². The first-order valence-electron chi connectivity index (χ1n) is 12.0. The summed E-state index contributed by atoms with van der Waals surface area (Å²) in [6.07, 6.45) is 4.42. The SMILES string of the molecule is CN(C)S(=O)(=O)c1ncn(-c2nccc([C@]34CC[C@@H](c5cc(-c6c(F)cccc6F)nnc53)C4(C)C)n2)n1. The summed E-state index contributed by atoms with van der Waals surface area (Å²) in [5, 5.41) is 12.5. The van der Waals surface area contributed by atoms with E-state index in [0.29, 0.717) is 5.69 Å². The topological polar surface area (TPSA) is 120 Å². The Balaban J connectivity index is 1.47. The minimum absolute atomic E-state index is 0.0724. The fraction of sp³-hybridized carbons (Fsp3) is 0.360. The average Bonchev–Trinajstić information content (AvgIpc) is 3.53. The molecule has 0 unspecified atom stereocenters. The molecule has 0 aliphatic heterocycles. The monoisotopic (exact) mass is 538 g/mol. The van der Waals surface area contributed by atoms with Gasteiger partial charge in [-0.2, -0.15) is 9.78 Å². The molecule has 1 fully saturated rings. The summed E-state index contributed by atoms with van der Waals surface area (Å²) in [5.41, 5.74) is 1.27. The summed E-state index contributed by atoms with van der Waals surface area (Å²) in [7, 11) is -1.03. The summed E-state index contributed by atoms with van der Waals surface area (Å²) in [4.78, 5) is 13.0. The second-order valence-electron chi connectivity index (χ2n) is 10.3. The first kappa shape index (κ1) is 24.6. The zero-order valence-electron chi connectivity index (χ0n) is 21.1. The van der Waals surface area contributed by atoms with Gasteiger partial charge in [0.05, 0.1) is 28.1 Å². The fourth-order valence-corrected chi connectivity index (χ4v) is 6.78. The highest BCUT2D eigenvalue weighted by Crippen LogP contribution is 2.69. The van der Waals surface area contributed by atoms with Crippen molar-refractivity contribution < 1.29 is 17.2 Å². The van der Waals surface area contributed by atoms with Gasteiger partial charge in [-0.3, -0.25) is 0 Å². The van der Waals surface area contributed by atoms with Crippen molar-refractivity contribution in [2.45, 2.75) is 43.2 Å². The van der Waals surface area contributed by atoms with E-state index in [1.807, 2.05) is 6.07 Å². The van der Waals surface area contributed by atoms with Gasteiger partial charge in [-0.15, -0.1) is 10.2 Å². The van der Waals surface area contributed by atoms with Crippen LogP contribution in [0, 0.1) is 17.0 Å². The van der Waals surface area contributed by atoms with E-state index in [4.69, 9.17) is 4.98 Å². The molecule has 13 heteroatoms. The molecule has 3 heterocycles. The lowest BCUT2D eigenvalue weighted by atomic mass is 9.66. The summed E-state index contributed by atoms with van der Waals surface area (Å²) in [6.45, 7) is 4.27. The smallest absolute Gasteiger partial charge is 0.220 e. The van der Waals surface area contributed by atoms with Gasteiger partial charge >= 0.3 is 0 Å². The third kappa shape index (κ3) is 3.21. The minimum Gasteiger partial charge on any atom is -0.220 e. The van der Waals surface area contributed by atoms with E-state index in [1.165, 1.54) is 43.3 Å². The lowest BCUT2D eigenvalue weighted by Crippen LogP contribution is -2.38. The number of halogens is 2. The first-order chi connectivity index (χ1) is 18.0. The molecule has 0 spiro atoms. The zero-order valence-corrected chi connectivity index (χ0v) is 21.9. The van der Waals surface area contributed by atoms with Crippen molar-refractivity contribution in [2.24, 2.45) is 5.41 Å². The normalized spacial score (nSPS) is 21.7. The molecule has 2 bridgehead atoms. The molecule has 3 aromatic heterocycles. The van der Waals surface area contributed by atoms with Crippen LogP contribution in [0.1, 0.15) is 49.6 Å². The van der Waals surface area contributed by atoms with Crippen molar-refractivity contribution in [2.75, 3.05) is 14.1 Å². The Morgan fingerprint density at radius 2 is 1.82 bits per heavy atom. The van der Waals surface area contributed by atoms with Gasteiger partial charge in [-0.25, -0.2) is 36.5 Å². The molecule has 38 heavy (non-hydrogen) atoms. The number of fused-ring (bicyclic) bond motifs is 5. The number of hydrogen-bond donors (Lipinski definition) is 0. The molecule has 2 aliphatic carbocycles. The summed E-state index contributed by atoms with van der Waals surface area (Å²) < 4.78 is 56.2. The van der Waals surface area contributed by atoms with E-state index in [-0.39, 0.29) is 33.7 Å². The molecular weight excluding hydrogens is 514 g/mol. The van der Waals surface area contributed by atoms with Crippen LogP contribution in [0.3, 0.4) is 0 Å². The van der Waals surface area contributed by atoms with Crippen LogP contribution in [0.15, 0.2) is 48.0 Å². The number of sulfonamides is 1. The Bertz CT molecular complexity index is 1680. The van der Waals surface area contributed by atoms with E-state index in [9.17, 15) is 17.2 Å². The third-order valence-electron chi connectivity index (χ3n) is 8.07. The molecule has 6 rings (SSSR count). The van der Waals surface area contributed by atoms with Crippen LogP contribution in [0.4, 0.5) is 8.78 Å².